The van der Waals surface area contributed by atoms with Crippen molar-refractivity contribution in [3.8, 4) is 0 Å². The highest BCUT2D eigenvalue weighted by molar-refractivity contribution is 5.62. The number of halogens is 1. The molecule has 2 N–H and O–H groups in total. The molecule has 5 heteroatoms. The smallest absolute Gasteiger partial charge is 0.160 e. The summed E-state index contributed by atoms with van der Waals surface area (Å²) in [5.74, 6) is 0.400. The topological polar surface area (TPSA) is 55.0 Å². The highest BCUT2D eigenvalue weighted by atomic mass is 19.1. The van der Waals surface area contributed by atoms with Crippen LogP contribution in [-0.2, 0) is 6.54 Å². The van der Waals surface area contributed by atoms with Crippen molar-refractivity contribution in [1.82, 2.24) is 10.2 Å². The van der Waals surface area contributed by atoms with Crippen LogP contribution in [0.3, 0.4) is 0 Å². The lowest BCUT2D eigenvalue weighted by molar-refractivity contribution is 0.627. The fourth-order valence-electron chi connectivity index (χ4n) is 1.84. The molecule has 0 saturated carbocycles. The van der Waals surface area contributed by atoms with E-state index < -0.39 is 0 Å². The molecule has 0 saturated heterocycles. The predicted molar refractivity (Wildman–Crippen MR) is 69.0 cm³/mol. The van der Waals surface area contributed by atoms with Gasteiger partial charge < -0.3 is 10.6 Å². The Bertz CT molecular complexity index is 530. The molecule has 2 rings (SSSR count). The number of nitrogens with zero attached hydrogens (tertiary/aromatic N) is 3. The number of hydrogen-bond donors (Lipinski definition) is 1. The van der Waals surface area contributed by atoms with Crippen LogP contribution in [0.1, 0.15) is 12.5 Å². The van der Waals surface area contributed by atoms with E-state index in [1.165, 1.54) is 12.1 Å². The monoisotopic (exact) mass is 246 g/mol. The van der Waals surface area contributed by atoms with Crippen LogP contribution in [0.25, 0.3) is 0 Å². The molecule has 0 fully saturated rings. The van der Waals surface area contributed by atoms with E-state index in [9.17, 15) is 4.39 Å². The van der Waals surface area contributed by atoms with Crippen molar-refractivity contribution in [1.29, 1.82) is 0 Å². The standard InChI is InChI=1S/C13H15FN4/c1-2-18(12-5-3-4-11(14)8-12)13-10(9-15)6-7-16-17-13/h3-8H,2,9,15H2,1H3. The summed E-state index contributed by atoms with van der Waals surface area (Å²) < 4.78 is 13.3. The molecule has 94 valence electrons. The van der Waals surface area contributed by atoms with Gasteiger partial charge in [-0.05, 0) is 31.2 Å². The van der Waals surface area contributed by atoms with Crippen molar-refractivity contribution >= 4 is 11.5 Å². The Balaban J connectivity index is 2.45. The first-order chi connectivity index (χ1) is 8.76. The van der Waals surface area contributed by atoms with Crippen LogP contribution in [0.2, 0.25) is 0 Å². The van der Waals surface area contributed by atoms with Gasteiger partial charge in [0.25, 0.3) is 0 Å². The second-order valence-electron chi connectivity index (χ2n) is 3.81. The van der Waals surface area contributed by atoms with Crippen molar-refractivity contribution < 1.29 is 4.39 Å². The molecular weight excluding hydrogens is 231 g/mol. The minimum Gasteiger partial charge on any atom is -0.326 e. The van der Waals surface area contributed by atoms with Crippen LogP contribution in [-0.4, -0.2) is 16.7 Å². The molecule has 18 heavy (non-hydrogen) atoms. The molecule has 1 heterocycles. The van der Waals surface area contributed by atoms with Gasteiger partial charge in [-0.2, -0.15) is 5.10 Å². The minimum atomic E-state index is -0.274. The predicted octanol–water partition coefficient (Wildman–Crippen LogP) is 2.23. The van der Waals surface area contributed by atoms with Gasteiger partial charge in [0.05, 0.1) is 6.20 Å². The van der Waals surface area contributed by atoms with Crippen LogP contribution in [0.4, 0.5) is 15.9 Å². The molecule has 0 amide bonds. The molecule has 0 radical (unpaired) electrons. The lowest BCUT2D eigenvalue weighted by Crippen LogP contribution is -2.20. The SMILES string of the molecule is CCN(c1cccc(F)c1)c1nnccc1CN. The molecule has 0 spiro atoms. The average molecular weight is 246 g/mol. The van der Waals surface area contributed by atoms with Crippen LogP contribution in [0, 0.1) is 5.82 Å². The second kappa shape index (κ2) is 5.55. The molecule has 0 bridgehead atoms. The molecule has 0 aliphatic rings. The molecule has 0 aliphatic heterocycles. The van der Waals surface area contributed by atoms with Crippen molar-refractivity contribution in [2.75, 3.05) is 11.4 Å². The lowest BCUT2D eigenvalue weighted by atomic mass is 10.2. The average Bonchev–Trinajstić information content (AvgIpc) is 2.40. The van der Waals surface area contributed by atoms with Gasteiger partial charge in [0.1, 0.15) is 5.82 Å². The maximum absolute atomic E-state index is 13.3. The number of anilines is 2. The van der Waals surface area contributed by atoms with Crippen molar-refractivity contribution in [3.63, 3.8) is 0 Å². The molecule has 0 unspecified atom stereocenters. The molecule has 0 atom stereocenters. The zero-order valence-corrected chi connectivity index (χ0v) is 10.2. The van der Waals surface area contributed by atoms with Gasteiger partial charge in [-0.25, -0.2) is 4.39 Å². The van der Waals surface area contributed by atoms with E-state index in [1.54, 1.807) is 12.3 Å². The van der Waals surface area contributed by atoms with E-state index >= 15 is 0 Å². The van der Waals surface area contributed by atoms with E-state index in [-0.39, 0.29) is 5.82 Å². The number of nitrogens with two attached hydrogens (primary N) is 1. The Hall–Kier alpha value is -2.01. The first-order valence-corrected chi connectivity index (χ1v) is 5.80. The van der Waals surface area contributed by atoms with Gasteiger partial charge in [-0.3, -0.25) is 0 Å². The van der Waals surface area contributed by atoms with Crippen LogP contribution < -0.4 is 10.6 Å². The largest absolute Gasteiger partial charge is 0.326 e. The highest BCUT2D eigenvalue weighted by Crippen LogP contribution is 2.25. The van der Waals surface area contributed by atoms with Gasteiger partial charge in [0.15, 0.2) is 5.82 Å². The third kappa shape index (κ3) is 2.46. The van der Waals surface area contributed by atoms with Gasteiger partial charge in [0.2, 0.25) is 0 Å². The summed E-state index contributed by atoms with van der Waals surface area (Å²) >= 11 is 0. The van der Waals surface area contributed by atoms with Crippen molar-refractivity contribution in [3.05, 3.63) is 47.9 Å². The molecule has 0 aliphatic carbocycles. The van der Waals surface area contributed by atoms with Crippen molar-refractivity contribution in [2.45, 2.75) is 13.5 Å². The van der Waals surface area contributed by atoms with E-state index in [4.69, 9.17) is 5.73 Å². The summed E-state index contributed by atoms with van der Waals surface area (Å²) in [6, 6.07) is 8.22. The molecule has 2 aromatic rings. The Labute approximate surface area is 105 Å². The number of aromatic nitrogens is 2. The van der Waals surface area contributed by atoms with Crippen LogP contribution in [0.15, 0.2) is 36.5 Å². The maximum atomic E-state index is 13.3. The fraction of sp³-hybridized carbons (Fsp3) is 0.231. The Kier molecular flexibility index (Phi) is 3.84. The summed E-state index contributed by atoms with van der Waals surface area (Å²) in [5.41, 5.74) is 7.31. The molecule has 1 aromatic heterocycles. The van der Waals surface area contributed by atoms with E-state index in [0.29, 0.717) is 18.9 Å². The lowest BCUT2D eigenvalue weighted by Gasteiger charge is -2.23. The second-order valence-corrected chi connectivity index (χ2v) is 3.81. The number of rotatable bonds is 4. The van der Waals surface area contributed by atoms with Crippen LogP contribution in [0.5, 0.6) is 0 Å². The number of hydrogen-bond acceptors (Lipinski definition) is 4. The molecule has 1 aromatic carbocycles. The first-order valence-electron chi connectivity index (χ1n) is 5.80. The third-order valence-corrected chi connectivity index (χ3v) is 2.69. The summed E-state index contributed by atoms with van der Waals surface area (Å²) in [6.07, 6.45) is 1.60. The summed E-state index contributed by atoms with van der Waals surface area (Å²) in [5, 5.41) is 7.97. The zero-order chi connectivity index (χ0) is 13.0. The van der Waals surface area contributed by atoms with E-state index in [2.05, 4.69) is 10.2 Å². The van der Waals surface area contributed by atoms with E-state index in [0.717, 1.165) is 11.3 Å². The summed E-state index contributed by atoms with van der Waals surface area (Å²) in [4.78, 5) is 1.89. The summed E-state index contributed by atoms with van der Waals surface area (Å²) in [7, 11) is 0. The fourth-order valence-corrected chi connectivity index (χ4v) is 1.84. The minimum absolute atomic E-state index is 0.274. The van der Waals surface area contributed by atoms with Crippen molar-refractivity contribution in [2.24, 2.45) is 5.73 Å². The third-order valence-electron chi connectivity index (χ3n) is 2.69. The van der Waals surface area contributed by atoms with Gasteiger partial charge in [-0.15, -0.1) is 5.10 Å². The maximum Gasteiger partial charge on any atom is 0.160 e. The normalized spacial score (nSPS) is 10.4. The highest BCUT2D eigenvalue weighted by Gasteiger charge is 2.13. The first kappa shape index (κ1) is 12.4. The number of benzene rings is 1. The Morgan fingerprint density at radius 1 is 1.33 bits per heavy atom. The van der Waals surface area contributed by atoms with Gasteiger partial charge in [-0.1, -0.05) is 6.07 Å². The molecular formula is C13H15FN4. The zero-order valence-electron chi connectivity index (χ0n) is 10.2. The Morgan fingerprint density at radius 2 is 2.17 bits per heavy atom. The summed E-state index contributed by atoms with van der Waals surface area (Å²) in [6.45, 7) is 3.01. The molecule has 4 nitrogen and oxygen atoms in total. The van der Waals surface area contributed by atoms with Gasteiger partial charge >= 0.3 is 0 Å². The van der Waals surface area contributed by atoms with Gasteiger partial charge in [0, 0.05) is 24.3 Å². The quantitative estimate of drug-likeness (QED) is 0.898. The van der Waals surface area contributed by atoms with Crippen LogP contribution >= 0.6 is 0 Å². The van der Waals surface area contributed by atoms with E-state index in [1.807, 2.05) is 24.0 Å². The Morgan fingerprint density at radius 3 is 2.83 bits per heavy atom.